The van der Waals surface area contributed by atoms with Crippen molar-refractivity contribution in [3.05, 3.63) is 16.4 Å². The molecule has 0 fully saturated rings. The maximum atomic E-state index is 9.36. The number of nitrogens with zero attached hydrogens (tertiary/aromatic N) is 2. The summed E-state index contributed by atoms with van der Waals surface area (Å²) >= 11 is 6.21. The SMILES string of the molecule is CCn1nc(C)c(Cl)c1CC(C)(CN)CO. The summed E-state index contributed by atoms with van der Waals surface area (Å²) in [5, 5.41) is 14.4. The lowest BCUT2D eigenvalue weighted by Gasteiger charge is -2.25. The average Bonchev–Trinajstić information content (AvgIpc) is 2.56. The van der Waals surface area contributed by atoms with Gasteiger partial charge in [-0.25, -0.2) is 0 Å². The molecule has 3 N–H and O–H groups in total. The van der Waals surface area contributed by atoms with E-state index in [0.717, 1.165) is 17.9 Å². The van der Waals surface area contributed by atoms with Crippen molar-refractivity contribution < 1.29 is 5.11 Å². The summed E-state index contributed by atoms with van der Waals surface area (Å²) in [6.07, 6.45) is 0.646. The Hall–Kier alpha value is -0.580. The maximum Gasteiger partial charge on any atom is 0.0847 e. The van der Waals surface area contributed by atoms with Gasteiger partial charge in [0.1, 0.15) is 0 Å². The molecule has 0 aliphatic carbocycles. The Morgan fingerprint density at radius 3 is 2.62 bits per heavy atom. The molecule has 1 aromatic rings. The lowest BCUT2D eigenvalue weighted by atomic mass is 9.86. The van der Waals surface area contributed by atoms with Crippen LogP contribution < -0.4 is 5.73 Å². The highest BCUT2D eigenvalue weighted by Crippen LogP contribution is 2.27. The van der Waals surface area contributed by atoms with Crippen molar-refractivity contribution in [2.45, 2.75) is 33.7 Å². The van der Waals surface area contributed by atoms with Gasteiger partial charge in [-0.15, -0.1) is 0 Å². The Morgan fingerprint density at radius 1 is 1.56 bits per heavy atom. The van der Waals surface area contributed by atoms with Gasteiger partial charge < -0.3 is 10.8 Å². The molecule has 1 rings (SSSR count). The zero-order valence-corrected chi connectivity index (χ0v) is 10.9. The third-order valence-electron chi connectivity index (χ3n) is 2.92. The van der Waals surface area contributed by atoms with Crippen molar-refractivity contribution in [3.63, 3.8) is 0 Å². The first-order chi connectivity index (χ1) is 7.47. The van der Waals surface area contributed by atoms with E-state index >= 15 is 0 Å². The number of halogens is 1. The fourth-order valence-corrected chi connectivity index (χ4v) is 1.84. The van der Waals surface area contributed by atoms with E-state index < -0.39 is 0 Å². The minimum Gasteiger partial charge on any atom is -0.396 e. The molecule has 16 heavy (non-hydrogen) atoms. The Kier molecular flexibility index (Phi) is 4.35. The molecule has 0 aliphatic heterocycles. The molecule has 0 saturated carbocycles. The van der Waals surface area contributed by atoms with Gasteiger partial charge in [-0.05, 0) is 20.3 Å². The smallest absolute Gasteiger partial charge is 0.0847 e. The topological polar surface area (TPSA) is 64.1 Å². The van der Waals surface area contributed by atoms with Crippen LogP contribution in [0.2, 0.25) is 5.02 Å². The van der Waals surface area contributed by atoms with Crippen LogP contribution in [0.15, 0.2) is 0 Å². The van der Waals surface area contributed by atoms with E-state index in [1.54, 1.807) is 0 Å². The van der Waals surface area contributed by atoms with Crippen molar-refractivity contribution >= 4 is 11.6 Å². The minimum atomic E-state index is -0.330. The lowest BCUT2D eigenvalue weighted by Crippen LogP contribution is -2.34. The van der Waals surface area contributed by atoms with Gasteiger partial charge in [0.2, 0.25) is 0 Å². The quantitative estimate of drug-likeness (QED) is 0.824. The van der Waals surface area contributed by atoms with Crippen LogP contribution in [0.4, 0.5) is 0 Å². The summed E-state index contributed by atoms with van der Waals surface area (Å²) in [6, 6.07) is 0. The van der Waals surface area contributed by atoms with Crippen molar-refractivity contribution in [1.82, 2.24) is 9.78 Å². The molecular weight excluding hydrogens is 226 g/mol. The fourth-order valence-electron chi connectivity index (χ4n) is 1.63. The van der Waals surface area contributed by atoms with Crippen molar-refractivity contribution in [3.8, 4) is 0 Å². The molecule has 0 aromatic carbocycles. The molecule has 1 aromatic heterocycles. The molecule has 0 saturated heterocycles. The van der Waals surface area contributed by atoms with Gasteiger partial charge in [-0.3, -0.25) is 4.68 Å². The minimum absolute atomic E-state index is 0.0494. The second kappa shape index (κ2) is 5.17. The Morgan fingerprint density at radius 2 is 2.19 bits per heavy atom. The number of aliphatic hydroxyl groups excluding tert-OH is 1. The van der Waals surface area contributed by atoms with Crippen molar-refractivity contribution in [1.29, 1.82) is 0 Å². The Balaban J connectivity index is 3.04. The molecule has 0 aliphatic rings. The van der Waals surface area contributed by atoms with Gasteiger partial charge in [-0.2, -0.15) is 5.10 Å². The molecule has 1 heterocycles. The first kappa shape index (κ1) is 13.5. The predicted octanol–water partition coefficient (Wildman–Crippen LogP) is 1.36. The first-order valence-corrected chi connectivity index (χ1v) is 5.88. The monoisotopic (exact) mass is 245 g/mol. The van der Waals surface area contributed by atoms with E-state index in [0.29, 0.717) is 18.0 Å². The van der Waals surface area contributed by atoms with Gasteiger partial charge in [0.05, 0.1) is 23.0 Å². The maximum absolute atomic E-state index is 9.36. The van der Waals surface area contributed by atoms with E-state index in [2.05, 4.69) is 5.10 Å². The van der Waals surface area contributed by atoms with Crippen molar-refractivity contribution in [2.24, 2.45) is 11.1 Å². The number of aromatic nitrogens is 2. The Bertz CT molecular complexity index is 358. The normalized spacial score (nSPS) is 15.1. The third kappa shape index (κ3) is 2.56. The zero-order chi connectivity index (χ0) is 12.3. The van der Waals surface area contributed by atoms with Crippen LogP contribution >= 0.6 is 11.6 Å². The van der Waals surface area contributed by atoms with E-state index in [4.69, 9.17) is 17.3 Å². The van der Waals surface area contributed by atoms with Gasteiger partial charge in [0.25, 0.3) is 0 Å². The third-order valence-corrected chi connectivity index (χ3v) is 3.41. The van der Waals surface area contributed by atoms with Crippen LogP contribution in [0.1, 0.15) is 25.2 Å². The number of nitrogens with two attached hydrogens (primary N) is 1. The lowest BCUT2D eigenvalue weighted by molar-refractivity contribution is 0.147. The summed E-state index contributed by atoms with van der Waals surface area (Å²) in [7, 11) is 0. The van der Waals surface area contributed by atoms with Gasteiger partial charge in [0.15, 0.2) is 0 Å². The van der Waals surface area contributed by atoms with Crippen molar-refractivity contribution in [2.75, 3.05) is 13.2 Å². The largest absolute Gasteiger partial charge is 0.396 e. The molecule has 5 heteroatoms. The second-order valence-electron chi connectivity index (χ2n) is 4.51. The molecule has 4 nitrogen and oxygen atoms in total. The second-order valence-corrected chi connectivity index (χ2v) is 4.89. The van der Waals surface area contributed by atoms with E-state index in [9.17, 15) is 5.11 Å². The number of aliphatic hydroxyl groups is 1. The first-order valence-electron chi connectivity index (χ1n) is 5.50. The van der Waals surface area contributed by atoms with E-state index in [-0.39, 0.29) is 12.0 Å². The Labute approximate surface area is 101 Å². The van der Waals surface area contributed by atoms with Gasteiger partial charge in [-0.1, -0.05) is 18.5 Å². The number of hydrogen-bond acceptors (Lipinski definition) is 3. The zero-order valence-electron chi connectivity index (χ0n) is 10.1. The standard InChI is InChI=1S/C11H20ClN3O/c1-4-15-9(10(12)8(2)14-15)5-11(3,6-13)7-16/h16H,4-7,13H2,1-3H3. The fraction of sp³-hybridized carbons (Fsp3) is 0.727. The van der Waals surface area contributed by atoms with E-state index in [1.807, 2.05) is 25.5 Å². The molecule has 0 bridgehead atoms. The highest BCUT2D eigenvalue weighted by molar-refractivity contribution is 6.31. The molecule has 1 atom stereocenters. The molecular formula is C11H20ClN3O. The highest BCUT2D eigenvalue weighted by atomic mass is 35.5. The van der Waals surface area contributed by atoms with E-state index in [1.165, 1.54) is 0 Å². The number of aryl methyl sites for hydroxylation is 2. The highest BCUT2D eigenvalue weighted by Gasteiger charge is 2.26. The van der Waals surface area contributed by atoms with Crippen LogP contribution in [-0.4, -0.2) is 28.0 Å². The van der Waals surface area contributed by atoms with Crippen LogP contribution in [0.25, 0.3) is 0 Å². The summed E-state index contributed by atoms with van der Waals surface area (Å²) in [4.78, 5) is 0. The number of hydrogen-bond donors (Lipinski definition) is 2. The average molecular weight is 246 g/mol. The summed E-state index contributed by atoms with van der Waals surface area (Å²) in [5.74, 6) is 0. The molecule has 0 amide bonds. The van der Waals surface area contributed by atoms with Crippen LogP contribution in [0.5, 0.6) is 0 Å². The summed E-state index contributed by atoms with van der Waals surface area (Å²) in [6.45, 7) is 7.10. The van der Waals surface area contributed by atoms with Gasteiger partial charge in [0, 0.05) is 18.5 Å². The molecule has 1 unspecified atom stereocenters. The summed E-state index contributed by atoms with van der Waals surface area (Å²) < 4.78 is 1.88. The molecule has 92 valence electrons. The summed E-state index contributed by atoms with van der Waals surface area (Å²) in [5.41, 5.74) is 7.14. The molecule has 0 radical (unpaired) electrons. The van der Waals surface area contributed by atoms with Gasteiger partial charge >= 0.3 is 0 Å². The van der Waals surface area contributed by atoms with Crippen LogP contribution in [0, 0.1) is 12.3 Å². The molecule has 0 spiro atoms. The van der Waals surface area contributed by atoms with Crippen LogP contribution in [-0.2, 0) is 13.0 Å². The number of rotatable bonds is 5. The predicted molar refractivity (Wildman–Crippen MR) is 65.6 cm³/mol. The van der Waals surface area contributed by atoms with Crippen LogP contribution in [0.3, 0.4) is 0 Å².